The molecule has 0 saturated heterocycles. The van der Waals surface area contributed by atoms with Gasteiger partial charge in [-0.05, 0) is 62.0 Å². The van der Waals surface area contributed by atoms with Crippen molar-refractivity contribution in [3.63, 3.8) is 0 Å². The molecule has 2 N–H and O–H groups in total. The number of benzene rings is 1. The van der Waals surface area contributed by atoms with Crippen LogP contribution in [0.25, 0.3) is 0 Å². The number of aryl methyl sites for hydroxylation is 1. The van der Waals surface area contributed by atoms with Gasteiger partial charge in [-0.1, -0.05) is 19.9 Å². The van der Waals surface area contributed by atoms with Gasteiger partial charge in [0.15, 0.2) is 0 Å². The summed E-state index contributed by atoms with van der Waals surface area (Å²) < 4.78 is 0. The van der Waals surface area contributed by atoms with Gasteiger partial charge in [0.25, 0.3) is 0 Å². The molecule has 1 aliphatic rings. The second-order valence-electron chi connectivity index (χ2n) is 5.79. The number of fused-ring (bicyclic) bond motifs is 1. The first-order valence-electron chi connectivity index (χ1n) is 7.96. The highest BCUT2D eigenvalue weighted by atomic mass is 16.3. The lowest BCUT2D eigenvalue weighted by Crippen LogP contribution is -2.46. The van der Waals surface area contributed by atoms with Gasteiger partial charge in [-0.2, -0.15) is 0 Å². The number of nitrogens with one attached hydrogen (secondary N) is 1. The lowest BCUT2D eigenvalue weighted by atomic mass is 9.82. The third kappa shape index (κ3) is 3.56. The molecule has 1 aliphatic carbocycles. The molecule has 0 saturated carbocycles. The highest BCUT2D eigenvalue weighted by molar-refractivity contribution is 5.48. The normalized spacial score (nSPS) is 21.1. The molecule has 0 radical (unpaired) electrons. The lowest BCUT2D eigenvalue weighted by Gasteiger charge is -2.41. The lowest BCUT2D eigenvalue weighted by molar-refractivity contribution is -0.110. The molecule has 4 nitrogen and oxygen atoms in total. The smallest absolute Gasteiger partial charge is 0.207 e. The van der Waals surface area contributed by atoms with Crippen LogP contribution in [0.4, 0.5) is 0 Å². The number of hydrogen-bond acceptors (Lipinski definition) is 3. The van der Waals surface area contributed by atoms with E-state index in [1.165, 1.54) is 11.1 Å². The molecule has 1 amide bonds. The standard InChI is InChI=1S/C17H26N2O2/c1-3-9-19(10-4-2)17-15-11-14(21)7-5-13(15)6-8-16(17)18-12-20/h5,7,11-12,16-17,21H,3-4,6,8-10H2,1-2H3,(H,18,20). The van der Waals surface area contributed by atoms with E-state index in [4.69, 9.17) is 0 Å². The highest BCUT2D eigenvalue weighted by Crippen LogP contribution is 2.36. The fourth-order valence-electron chi connectivity index (χ4n) is 3.45. The Morgan fingerprint density at radius 2 is 2.05 bits per heavy atom. The van der Waals surface area contributed by atoms with Crippen molar-refractivity contribution in [3.05, 3.63) is 29.3 Å². The zero-order chi connectivity index (χ0) is 15.2. The van der Waals surface area contributed by atoms with Crippen molar-refractivity contribution >= 4 is 6.41 Å². The molecule has 1 aromatic rings. The van der Waals surface area contributed by atoms with Crippen molar-refractivity contribution in [1.29, 1.82) is 0 Å². The minimum atomic E-state index is 0.120. The molecular formula is C17H26N2O2. The number of nitrogens with zero attached hydrogens (tertiary/aromatic N) is 1. The summed E-state index contributed by atoms with van der Waals surface area (Å²) >= 11 is 0. The molecule has 0 fully saturated rings. The Labute approximate surface area is 127 Å². The first kappa shape index (κ1) is 15.8. The Hall–Kier alpha value is -1.55. The molecule has 0 aromatic heterocycles. The van der Waals surface area contributed by atoms with Gasteiger partial charge in [0, 0.05) is 6.04 Å². The number of hydrogen-bond donors (Lipinski definition) is 2. The van der Waals surface area contributed by atoms with Crippen LogP contribution in [0, 0.1) is 0 Å². The van der Waals surface area contributed by atoms with Crippen LogP contribution < -0.4 is 5.32 Å². The van der Waals surface area contributed by atoms with Crippen molar-refractivity contribution in [2.24, 2.45) is 0 Å². The zero-order valence-corrected chi connectivity index (χ0v) is 13.0. The van der Waals surface area contributed by atoms with E-state index in [2.05, 4.69) is 24.1 Å². The number of carbonyl (C=O) groups excluding carboxylic acids is 1. The average Bonchev–Trinajstić information content (AvgIpc) is 2.47. The van der Waals surface area contributed by atoms with E-state index in [0.29, 0.717) is 5.75 Å². The van der Waals surface area contributed by atoms with Crippen LogP contribution in [0.5, 0.6) is 5.75 Å². The molecule has 2 unspecified atom stereocenters. The summed E-state index contributed by atoms with van der Waals surface area (Å²) in [5.41, 5.74) is 2.46. The van der Waals surface area contributed by atoms with Gasteiger partial charge < -0.3 is 10.4 Å². The van der Waals surface area contributed by atoms with Crippen LogP contribution in [0.15, 0.2) is 18.2 Å². The summed E-state index contributed by atoms with van der Waals surface area (Å²) in [5, 5.41) is 12.8. The largest absolute Gasteiger partial charge is 0.508 e. The third-order valence-corrected chi connectivity index (χ3v) is 4.25. The number of carbonyl (C=O) groups is 1. The van der Waals surface area contributed by atoms with Crippen LogP contribution in [0.2, 0.25) is 0 Å². The first-order valence-corrected chi connectivity index (χ1v) is 7.96. The molecule has 0 aliphatic heterocycles. The van der Waals surface area contributed by atoms with Gasteiger partial charge >= 0.3 is 0 Å². The predicted molar refractivity (Wildman–Crippen MR) is 84.3 cm³/mol. The number of phenolic OH excluding ortho intramolecular Hbond substituents is 1. The maximum absolute atomic E-state index is 11.0. The van der Waals surface area contributed by atoms with E-state index in [-0.39, 0.29) is 12.1 Å². The Bertz CT molecular complexity index is 470. The molecular weight excluding hydrogens is 264 g/mol. The number of aromatic hydroxyl groups is 1. The van der Waals surface area contributed by atoms with Gasteiger partial charge in [-0.3, -0.25) is 9.69 Å². The number of amides is 1. The van der Waals surface area contributed by atoms with Crippen LogP contribution in [-0.2, 0) is 11.2 Å². The van der Waals surface area contributed by atoms with E-state index >= 15 is 0 Å². The second kappa shape index (κ2) is 7.46. The Balaban J connectivity index is 2.39. The van der Waals surface area contributed by atoms with Gasteiger partial charge in [-0.15, -0.1) is 0 Å². The minimum Gasteiger partial charge on any atom is -0.508 e. The zero-order valence-electron chi connectivity index (χ0n) is 13.0. The molecule has 21 heavy (non-hydrogen) atoms. The van der Waals surface area contributed by atoms with E-state index in [1.54, 1.807) is 6.07 Å². The van der Waals surface area contributed by atoms with E-state index in [1.807, 2.05) is 12.1 Å². The molecule has 1 aromatic carbocycles. The van der Waals surface area contributed by atoms with Crippen molar-refractivity contribution in [2.45, 2.75) is 51.6 Å². The maximum Gasteiger partial charge on any atom is 0.207 e. The Morgan fingerprint density at radius 1 is 1.33 bits per heavy atom. The fourth-order valence-corrected chi connectivity index (χ4v) is 3.45. The molecule has 2 rings (SSSR count). The van der Waals surface area contributed by atoms with Crippen molar-refractivity contribution < 1.29 is 9.90 Å². The predicted octanol–water partition coefficient (Wildman–Crippen LogP) is 2.62. The van der Waals surface area contributed by atoms with E-state index in [0.717, 1.165) is 45.2 Å². The molecule has 0 bridgehead atoms. The molecule has 116 valence electrons. The van der Waals surface area contributed by atoms with Gasteiger partial charge in [0.1, 0.15) is 5.75 Å². The summed E-state index contributed by atoms with van der Waals surface area (Å²) in [4.78, 5) is 13.4. The molecule has 0 heterocycles. The van der Waals surface area contributed by atoms with Crippen LogP contribution in [0.1, 0.15) is 50.3 Å². The maximum atomic E-state index is 11.0. The molecule has 2 atom stereocenters. The molecule has 0 spiro atoms. The summed E-state index contributed by atoms with van der Waals surface area (Å²) in [6.45, 7) is 6.36. The highest BCUT2D eigenvalue weighted by Gasteiger charge is 2.33. The van der Waals surface area contributed by atoms with Crippen LogP contribution in [0.3, 0.4) is 0 Å². The minimum absolute atomic E-state index is 0.120. The second-order valence-corrected chi connectivity index (χ2v) is 5.79. The van der Waals surface area contributed by atoms with Crippen molar-refractivity contribution in [2.75, 3.05) is 13.1 Å². The van der Waals surface area contributed by atoms with Crippen LogP contribution >= 0.6 is 0 Å². The summed E-state index contributed by atoms with van der Waals surface area (Å²) in [7, 11) is 0. The summed E-state index contributed by atoms with van der Waals surface area (Å²) in [6.07, 6.45) is 4.87. The quantitative estimate of drug-likeness (QED) is 0.759. The SMILES string of the molecule is CCCN(CCC)C1c2cc(O)ccc2CCC1NC=O. The monoisotopic (exact) mass is 290 g/mol. The molecule has 4 heteroatoms. The number of rotatable bonds is 7. The van der Waals surface area contributed by atoms with Gasteiger partial charge in [0.05, 0.1) is 6.04 Å². The van der Waals surface area contributed by atoms with Gasteiger partial charge in [0.2, 0.25) is 6.41 Å². The first-order chi connectivity index (χ1) is 10.2. The van der Waals surface area contributed by atoms with Crippen molar-refractivity contribution in [1.82, 2.24) is 10.2 Å². The van der Waals surface area contributed by atoms with E-state index < -0.39 is 0 Å². The summed E-state index contributed by atoms with van der Waals surface area (Å²) in [6, 6.07) is 5.93. The third-order valence-electron chi connectivity index (χ3n) is 4.25. The van der Waals surface area contributed by atoms with Crippen LogP contribution in [-0.4, -0.2) is 35.5 Å². The summed E-state index contributed by atoms with van der Waals surface area (Å²) in [5.74, 6) is 0.304. The number of phenols is 1. The topological polar surface area (TPSA) is 52.6 Å². The fraction of sp³-hybridized carbons (Fsp3) is 0.588. The van der Waals surface area contributed by atoms with E-state index in [9.17, 15) is 9.90 Å². The Morgan fingerprint density at radius 3 is 2.67 bits per heavy atom. The van der Waals surface area contributed by atoms with Gasteiger partial charge in [-0.25, -0.2) is 0 Å². The average molecular weight is 290 g/mol. The van der Waals surface area contributed by atoms with Crippen molar-refractivity contribution in [3.8, 4) is 5.75 Å². The Kier molecular flexibility index (Phi) is 5.62.